The largest absolute Gasteiger partial charge is 0.428 e. The minimum absolute atomic E-state index is 0.214. The fourth-order valence-corrected chi connectivity index (χ4v) is 5.60. The van der Waals surface area contributed by atoms with E-state index in [1.807, 2.05) is 0 Å². The summed E-state index contributed by atoms with van der Waals surface area (Å²) in [6, 6.07) is 10.2. The summed E-state index contributed by atoms with van der Waals surface area (Å²) in [5.74, 6) is 0. The van der Waals surface area contributed by atoms with Gasteiger partial charge in [-0.25, -0.2) is 16.8 Å². The van der Waals surface area contributed by atoms with E-state index < -0.39 is 20.0 Å². The van der Waals surface area contributed by atoms with Crippen LogP contribution in [0, 0.1) is 5.39 Å². The Labute approximate surface area is 142 Å². The molecule has 23 heavy (non-hydrogen) atoms. The topological polar surface area (TPSA) is 111 Å². The van der Waals surface area contributed by atoms with Crippen LogP contribution in [0.2, 0.25) is 10.0 Å². The molecule has 0 radical (unpaired) electrons. The molecule has 7 nitrogen and oxygen atoms in total. The molecule has 120 valence electrons. The molecule has 2 aromatic carbocycles. The summed E-state index contributed by atoms with van der Waals surface area (Å²) in [5.41, 5.74) is 0.214. The first-order valence-electron chi connectivity index (χ1n) is 5.81. The number of hydrogen-bond acceptors (Lipinski definition) is 5. The Morgan fingerprint density at radius 2 is 1.26 bits per heavy atom. The molecule has 0 saturated carbocycles. The van der Waals surface area contributed by atoms with Crippen LogP contribution in [0.1, 0.15) is 0 Å². The lowest BCUT2D eigenvalue weighted by molar-refractivity contribution is 0.603. The normalized spacial score (nSPS) is 16.6. The van der Waals surface area contributed by atoms with Crippen LogP contribution >= 0.6 is 23.2 Å². The smallest absolute Gasteiger partial charge is 0.421 e. The molecule has 0 fully saturated rings. The SMILES string of the molecule is N#[N+]c1c(Cl)cccc1Cl.O=S1(=O)[N-]S(=O)(=O)c2ccccc21. The number of benzene rings is 2. The first kappa shape index (κ1) is 17.7. The molecule has 11 heteroatoms. The van der Waals surface area contributed by atoms with Crippen LogP contribution < -0.4 is 0 Å². The van der Waals surface area contributed by atoms with Gasteiger partial charge in [-0.1, -0.05) is 41.4 Å². The number of halogens is 2. The van der Waals surface area contributed by atoms with Crippen molar-refractivity contribution in [3.05, 3.63) is 61.6 Å². The molecule has 0 saturated heterocycles. The quantitative estimate of drug-likeness (QED) is 0.631. The fraction of sp³-hybridized carbons (Fsp3) is 0. The van der Waals surface area contributed by atoms with Crippen molar-refractivity contribution in [1.29, 1.82) is 5.39 Å². The van der Waals surface area contributed by atoms with Crippen LogP contribution in [-0.4, -0.2) is 16.8 Å². The maximum atomic E-state index is 11.1. The third kappa shape index (κ3) is 3.63. The molecule has 1 aliphatic heterocycles. The molecule has 1 heterocycles. The Bertz CT molecular complexity index is 944. The van der Waals surface area contributed by atoms with Crippen LogP contribution in [0.5, 0.6) is 0 Å². The Kier molecular flexibility index (Phi) is 4.93. The summed E-state index contributed by atoms with van der Waals surface area (Å²) in [6.07, 6.45) is 0. The van der Waals surface area contributed by atoms with Gasteiger partial charge in [0.2, 0.25) is 5.39 Å². The summed E-state index contributed by atoms with van der Waals surface area (Å²) >= 11 is 11.2. The first-order chi connectivity index (χ1) is 10.7. The molecule has 2 aromatic rings. The van der Waals surface area contributed by atoms with Gasteiger partial charge in [-0.15, -0.1) is 0 Å². The lowest BCUT2D eigenvalue weighted by Gasteiger charge is -2.05. The van der Waals surface area contributed by atoms with Crippen LogP contribution in [-0.2, 0) is 20.0 Å². The second-order valence-corrected chi connectivity index (χ2v) is 8.33. The van der Waals surface area contributed by atoms with E-state index in [9.17, 15) is 16.8 Å². The third-order valence-corrected chi connectivity index (χ3v) is 6.77. The number of hydrogen-bond donors (Lipinski definition) is 0. The zero-order valence-corrected chi connectivity index (χ0v) is 14.2. The van der Waals surface area contributed by atoms with Crippen LogP contribution in [0.15, 0.2) is 52.3 Å². The predicted octanol–water partition coefficient (Wildman–Crippen LogP) is 3.93. The average molecular weight is 392 g/mol. The second-order valence-electron chi connectivity index (χ2n) is 4.14. The van der Waals surface area contributed by atoms with Gasteiger partial charge in [0.05, 0.1) is 9.79 Å². The third-order valence-electron chi connectivity index (χ3n) is 2.64. The molecule has 0 aromatic heterocycles. The molecule has 0 N–H and O–H groups in total. The zero-order chi connectivity index (χ0) is 17.3. The highest BCUT2D eigenvalue weighted by Crippen LogP contribution is 2.37. The minimum atomic E-state index is -3.98. The lowest BCUT2D eigenvalue weighted by atomic mass is 10.3. The molecule has 0 spiro atoms. The van der Waals surface area contributed by atoms with Gasteiger partial charge >= 0.3 is 5.69 Å². The van der Waals surface area contributed by atoms with E-state index in [4.69, 9.17) is 28.6 Å². The Hall–Kier alpha value is -1.70. The Morgan fingerprint density at radius 3 is 1.61 bits per heavy atom. The van der Waals surface area contributed by atoms with Crippen molar-refractivity contribution in [3.63, 3.8) is 0 Å². The van der Waals surface area contributed by atoms with Gasteiger partial charge < -0.3 is 4.13 Å². The highest BCUT2D eigenvalue weighted by Gasteiger charge is 2.26. The molecular formula is C12H7Cl2N3O4S2. The predicted molar refractivity (Wildman–Crippen MR) is 85.4 cm³/mol. The lowest BCUT2D eigenvalue weighted by Crippen LogP contribution is -1.92. The van der Waals surface area contributed by atoms with E-state index in [-0.39, 0.29) is 15.5 Å². The van der Waals surface area contributed by atoms with Crippen molar-refractivity contribution in [3.8, 4) is 0 Å². The summed E-state index contributed by atoms with van der Waals surface area (Å²) in [7, 11) is -7.95. The molecule has 0 bridgehead atoms. The number of fused-ring (bicyclic) bond motifs is 1. The standard InChI is InChI=1S/C6H3Cl2N2.C6H4NO4S2/c7-4-2-1-3-5(8)6(4)10-9;8-12(9)5-3-1-2-4-6(5)13(10,11)7-12/h1-3H;1-4H/q+1;-1. The first-order valence-corrected chi connectivity index (χ1v) is 9.45. The van der Waals surface area contributed by atoms with Crippen LogP contribution in [0.25, 0.3) is 9.10 Å². The molecule has 0 aliphatic carbocycles. The van der Waals surface area contributed by atoms with E-state index in [0.29, 0.717) is 10.0 Å². The molecule has 1 aliphatic rings. The minimum Gasteiger partial charge on any atom is -0.428 e. The van der Waals surface area contributed by atoms with Gasteiger partial charge in [0.25, 0.3) is 0 Å². The monoisotopic (exact) mass is 391 g/mol. The molecule has 3 rings (SSSR count). The van der Waals surface area contributed by atoms with Gasteiger partial charge in [0.15, 0.2) is 4.98 Å². The van der Waals surface area contributed by atoms with Gasteiger partial charge in [0.1, 0.15) is 30.1 Å². The van der Waals surface area contributed by atoms with E-state index in [1.54, 1.807) is 18.2 Å². The van der Waals surface area contributed by atoms with E-state index in [1.165, 1.54) is 24.3 Å². The fourth-order valence-electron chi connectivity index (χ4n) is 1.67. The number of diazo groups is 1. The summed E-state index contributed by atoms with van der Waals surface area (Å²) < 4.78 is 47.3. The highest BCUT2D eigenvalue weighted by atomic mass is 35.5. The Morgan fingerprint density at radius 1 is 0.826 bits per heavy atom. The molecular weight excluding hydrogens is 385 g/mol. The van der Waals surface area contributed by atoms with Crippen molar-refractivity contribution in [2.75, 3.05) is 0 Å². The van der Waals surface area contributed by atoms with Crippen molar-refractivity contribution < 1.29 is 16.8 Å². The molecule has 0 atom stereocenters. The maximum Gasteiger partial charge on any atom is 0.421 e. The van der Waals surface area contributed by atoms with Gasteiger partial charge in [-0.05, 0) is 24.3 Å². The van der Waals surface area contributed by atoms with E-state index >= 15 is 0 Å². The van der Waals surface area contributed by atoms with Gasteiger partial charge in [-0.3, -0.25) is 0 Å². The summed E-state index contributed by atoms with van der Waals surface area (Å²) in [6.45, 7) is 0. The van der Waals surface area contributed by atoms with Crippen molar-refractivity contribution in [2.24, 2.45) is 0 Å². The van der Waals surface area contributed by atoms with Crippen LogP contribution in [0.3, 0.4) is 0 Å². The summed E-state index contributed by atoms with van der Waals surface area (Å²) in [5, 5.41) is 9.04. The van der Waals surface area contributed by atoms with E-state index in [2.05, 4.69) is 9.10 Å². The van der Waals surface area contributed by atoms with E-state index in [0.717, 1.165) is 0 Å². The number of rotatable bonds is 0. The Balaban J connectivity index is 0.000000174. The number of nitrogens with zero attached hydrogens (tertiary/aromatic N) is 3. The highest BCUT2D eigenvalue weighted by molar-refractivity contribution is 8.14. The van der Waals surface area contributed by atoms with Gasteiger partial charge in [-0.2, -0.15) is 0 Å². The van der Waals surface area contributed by atoms with Crippen molar-refractivity contribution in [1.82, 2.24) is 0 Å². The zero-order valence-electron chi connectivity index (χ0n) is 11.1. The molecule has 0 amide bonds. The maximum absolute atomic E-state index is 11.1. The van der Waals surface area contributed by atoms with Gasteiger partial charge in [0, 0.05) is 0 Å². The summed E-state index contributed by atoms with van der Waals surface area (Å²) in [4.78, 5) is 2.42. The second kappa shape index (κ2) is 6.43. The van der Waals surface area contributed by atoms with Crippen LogP contribution in [0.4, 0.5) is 5.69 Å². The number of sulfonamides is 2. The average Bonchev–Trinajstić information content (AvgIpc) is 2.66. The van der Waals surface area contributed by atoms with Crippen molar-refractivity contribution in [2.45, 2.75) is 9.79 Å². The van der Waals surface area contributed by atoms with Crippen molar-refractivity contribution >= 4 is 48.9 Å². The molecule has 0 unspecified atom stereocenters.